The Morgan fingerprint density at radius 2 is 1.87 bits per heavy atom. The number of ketones is 1. The minimum Gasteiger partial charge on any atom is -0.345 e. The summed E-state index contributed by atoms with van der Waals surface area (Å²) in [6.45, 7) is 2.96. The van der Waals surface area contributed by atoms with Gasteiger partial charge in [0.05, 0.1) is 22.8 Å². The number of Topliss-reactive ketones (excluding diaryl/α,β-unsaturated/α-hetero) is 1. The van der Waals surface area contributed by atoms with Gasteiger partial charge in [-0.3, -0.25) is 19.0 Å². The van der Waals surface area contributed by atoms with E-state index >= 15 is 0 Å². The van der Waals surface area contributed by atoms with Gasteiger partial charge in [0.15, 0.2) is 5.82 Å². The van der Waals surface area contributed by atoms with Crippen LogP contribution in [0.3, 0.4) is 0 Å². The number of nitrogens with zero attached hydrogens (tertiary/aromatic N) is 2. The van der Waals surface area contributed by atoms with E-state index in [4.69, 9.17) is 23.2 Å². The fraction of sp³-hybridized carbons (Fsp3) is 0.143. The molecule has 0 bridgehead atoms. The molecular weight excluding hydrogens is 427 g/mol. The molecule has 0 unspecified atom stereocenters. The number of pyridine rings is 1. The molecule has 2 N–H and O–H groups in total. The lowest BCUT2D eigenvalue weighted by Crippen LogP contribution is -2.29. The smallest absolute Gasteiger partial charge is 0.272 e. The van der Waals surface area contributed by atoms with Crippen molar-refractivity contribution in [3.8, 4) is 5.82 Å². The zero-order valence-corrected chi connectivity index (χ0v) is 17.7. The van der Waals surface area contributed by atoms with Gasteiger partial charge in [-0.1, -0.05) is 23.2 Å². The Balaban J connectivity index is 1.95. The van der Waals surface area contributed by atoms with Crippen molar-refractivity contribution < 1.29 is 14.4 Å². The number of carbonyl (C=O) groups is 3. The number of amides is 2. The number of carbonyl (C=O) groups excluding carboxylic acids is 3. The Hall–Kier alpha value is -3.16. The zero-order chi connectivity index (χ0) is 21.8. The molecule has 2 heterocycles. The number of rotatable bonds is 6. The van der Waals surface area contributed by atoms with Crippen molar-refractivity contribution in [2.75, 3.05) is 11.9 Å². The monoisotopic (exact) mass is 444 g/mol. The maximum Gasteiger partial charge on any atom is 0.272 e. The van der Waals surface area contributed by atoms with Gasteiger partial charge in [0.2, 0.25) is 0 Å². The standard InChI is InChI=1S/C21H18Cl2N4O3/c1-12-9-14(22)10-15(20(29)25-11-13(2)28)18(12)26-21(30)17-6-4-8-27(17)19-16(23)5-3-7-24-19/h3-10H,11H2,1-2H3,(H,25,29)(H,26,30). The van der Waals surface area contributed by atoms with E-state index in [0.29, 0.717) is 27.1 Å². The molecule has 0 radical (unpaired) electrons. The second-order valence-corrected chi connectivity index (χ2v) is 7.40. The molecule has 0 aliphatic carbocycles. The van der Waals surface area contributed by atoms with Gasteiger partial charge in [0.1, 0.15) is 11.5 Å². The van der Waals surface area contributed by atoms with Crippen LogP contribution < -0.4 is 10.6 Å². The molecule has 0 saturated heterocycles. The summed E-state index contributed by atoms with van der Waals surface area (Å²) >= 11 is 12.3. The van der Waals surface area contributed by atoms with Crippen molar-refractivity contribution in [2.24, 2.45) is 0 Å². The molecular formula is C21H18Cl2N4O3. The first-order valence-corrected chi connectivity index (χ1v) is 9.71. The van der Waals surface area contributed by atoms with E-state index < -0.39 is 11.8 Å². The molecule has 154 valence electrons. The summed E-state index contributed by atoms with van der Waals surface area (Å²) in [5.41, 5.74) is 1.33. The third kappa shape index (κ3) is 4.69. The lowest BCUT2D eigenvalue weighted by molar-refractivity contribution is -0.116. The molecule has 1 aromatic carbocycles. The topological polar surface area (TPSA) is 93.1 Å². The lowest BCUT2D eigenvalue weighted by atomic mass is 10.1. The number of anilines is 1. The van der Waals surface area contributed by atoms with Crippen molar-refractivity contribution in [2.45, 2.75) is 13.8 Å². The fourth-order valence-electron chi connectivity index (χ4n) is 2.87. The number of aryl methyl sites for hydroxylation is 1. The van der Waals surface area contributed by atoms with Gasteiger partial charge >= 0.3 is 0 Å². The van der Waals surface area contributed by atoms with Crippen LogP contribution in [0, 0.1) is 6.92 Å². The van der Waals surface area contributed by atoms with E-state index in [-0.39, 0.29) is 23.6 Å². The molecule has 0 atom stereocenters. The molecule has 9 heteroatoms. The van der Waals surface area contributed by atoms with Gasteiger partial charge in [-0.05, 0) is 55.8 Å². The Labute approximate surface area is 183 Å². The van der Waals surface area contributed by atoms with Gasteiger partial charge in [0, 0.05) is 17.4 Å². The average Bonchev–Trinajstić information content (AvgIpc) is 3.18. The Morgan fingerprint density at radius 1 is 1.10 bits per heavy atom. The van der Waals surface area contributed by atoms with Crippen molar-refractivity contribution >= 4 is 46.5 Å². The van der Waals surface area contributed by atoms with Gasteiger partial charge < -0.3 is 10.6 Å². The van der Waals surface area contributed by atoms with Crippen LogP contribution in [0.25, 0.3) is 5.82 Å². The largest absolute Gasteiger partial charge is 0.345 e. The second kappa shape index (κ2) is 9.11. The summed E-state index contributed by atoms with van der Waals surface area (Å²) in [4.78, 5) is 41.0. The summed E-state index contributed by atoms with van der Waals surface area (Å²) in [5.74, 6) is -0.777. The van der Waals surface area contributed by atoms with E-state index in [2.05, 4.69) is 15.6 Å². The summed E-state index contributed by atoms with van der Waals surface area (Å²) < 4.78 is 1.55. The Kier molecular flexibility index (Phi) is 6.54. The minimum atomic E-state index is -0.519. The third-order valence-electron chi connectivity index (χ3n) is 4.23. The van der Waals surface area contributed by atoms with E-state index in [9.17, 15) is 14.4 Å². The van der Waals surface area contributed by atoms with E-state index in [1.807, 2.05) is 0 Å². The predicted molar refractivity (Wildman–Crippen MR) is 116 cm³/mol. The summed E-state index contributed by atoms with van der Waals surface area (Å²) in [6.07, 6.45) is 3.24. The van der Waals surface area contributed by atoms with Crippen LogP contribution in [0.4, 0.5) is 5.69 Å². The number of hydrogen-bond donors (Lipinski definition) is 2. The van der Waals surface area contributed by atoms with Crippen LogP contribution in [0.15, 0.2) is 48.8 Å². The summed E-state index contributed by atoms with van der Waals surface area (Å²) in [6, 6.07) is 9.74. The molecule has 0 fully saturated rings. The number of aromatic nitrogens is 2. The molecule has 2 amide bonds. The van der Waals surface area contributed by atoms with Gasteiger partial charge in [-0.2, -0.15) is 0 Å². The molecule has 3 aromatic rings. The van der Waals surface area contributed by atoms with Crippen LogP contribution >= 0.6 is 23.2 Å². The third-order valence-corrected chi connectivity index (χ3v) is 4.74. The molecule has 3 rings (SSSR count). The molecule has 30 heavy (non-hydrogen) atoms. The van der Waals surface area contributed by atoms with E-state index in [1.54, 1.807) is 54.2 Å². The quantitative estimate of drug-likeness (QED) is 0.599. The van der Waals surface area contributed by atoms with Gasteiger partial charge in [-0.25, -0.2) is 4.98 Å². The molecule has 7 nitrogen and oxygen atoms in total. The van der Waals surface area contributed by atoms with Crippen molar-refractivity contribution in [3.05, 3.63) is 75.7 Å². The van der Waals surface area contributed by atoms with Crippen LogP contribution in [-0.2, 0) is 4.79 Å². The highest BCUT2D eigenvalue weighted by Crippen LogP contribution is 2.27. The maximum atomic E-state index is 13.0. The first-order valence-electron chi connectivity index (χ1n) is 8.95. The van der Waals surface area contributed by atoms with Crippen molar-refractivity contribution in [1.82, 2.24) is 14.9 Å². The highest BCUT2D eigenvalue weighted by Gasteiger charge is 2.20. The number of nitrogens with one attached hydrogen (secondary N) is 2. The SMILES string of the molecule is CC(=O)CNC(=O)c1cc(Cl)cc(C)c1NC(=O)c1cccn1-c1ncccc1Cl. The molecule has 0 spiro atoms. The normalized spacial score (nSPS) is 10.5. The minimum absolute atomic E-state index is 0.126. The Bertz CT molecular complexity index is 1140. The van der Waals surface area contributed by atoms with Crippen molar-refractivity contribution in [1.29, 1.82) is 0 Å². The van der Waals surface area contributed by atoms with Crippen LogP contribution in [-0.4, -0.2) is 33.7 Å². The first kappa shape index (κ1) is 21.5. The van der Waals surface area contributed by atoms with Crippen LogP contribution in [0.5, 0.6) is 0 Å². The summed E-state index contributed by atoms with van der Waals surface area (Å²) in [7, 11) is 0. The number of hydrogen-bond acceptors (Lipinski definition) is 4. The molecule has 0 aliphatic rings. The van der Waals surface area contributed by atoms with Crippen molar-refractivity contribution in [3.63, 3.8) is 0 Å². The van der Waals surface area contributed by atoms with Gasteiger partial charge in [0.25, 0.3) is 11.8 Å². The maximum absolute atomic E-state index is 13.0. The fourth-order valence-corrected chi connectivity index (χ4v) is 3.36. The lowest BCUT2D eigenvalue weighted by Gasteiger charge is -2.15. The highest BCUT2D eigenvalue weighted by molar-refractivity contribution is 6.32. The average molecular weight is 445 g/mol. The number of halogens is 2. The predicted octanol–water partition coefficient (Wildman–Crippen LogP) is 4.06. The van der Waals surface area contributed by atoms with Crippen LogP contribution in [0.1, 0.15) is 33.3 Å². The molecule has 0 saturated carbocycles. The van der Waals surface area contributed by atoms with E-state index in [0.717, 1.165) is 0 Å². The first-order chi connectivity index (χ1) is 14.3. The summed E-state index contributed by atoms with van der Waals surface area (Å²) in [5, 5.41) is 6.01. The van der Waals surface area contributed by atoms with Crippen LogP contribution in [0.2, 0.25) is 10.0 Å². The number of benzene rings is 1. The molecule has 0 aliphatic heterocycles. The Morgan fingerprint density at radius 3 is 2.57 bits per heavy atom. The van der Waals surface area contributed by atoms with E-state index in [1.165, 1.54) is 13.0 Å². The second-order valence-electron chi connectivity index (χ2n) is 6.56. The molecule has 2 aromatic heterocycles. The highest BCUT2D eigenvalue weighted by atomic mass is 35.5. The zero-order valence-electron chi connectivity index (χ0n) is 16.2. The van der Waals surface area contributed by atoms with Gasteiger partial charge in [-0.15, -0.1) is 0 Å².